The number of hydrogen-bond acceptors (Lipinski definition) is 3. The number of carbonyl (C=O) groups is 1. The fraction of sp³-hybridized carbons (Fsp3) is 0.174. The Morgan fingerprint density at radius 3 is 2.21 bits per heavy atom. The molecule has 0 unspecified atom stereocenters. The van der Waals surface area contributed by atoms with Gasteiger partial charge in [0.15, 0.2) is 0 Å². The van der Waals surface area contributed by atoms with Crippen molar-refractivity contribution in [2.75, 3.05) is 5.32 Å². The standard InChI is InChI=1S/C23H22N4O/c1-4-17-7-11-19(12-8-17)27-25-21-13-16(3)20(14-22(21)26-27)24-23(28)18-9-5-15(2)6-10-18/h5-14H,4H2,1-3H3,(H,24,28). The largest absolute Gasteiger partial charge is 0.322 e. The molecule has 4 rings (SSSR count). The summed E-state index contributed by atoms with van der Waals surface area (Å²) in [5.41, 5.74) is 7.17. The predicted octanol–water partition coefficient (Wildman–Crippen LogP) is 4.85. The summed E-state index contributed by atoms with van der Waals surface area (Å²) < 4.78 is 0. The van der Waals surface area contributed by atoms with E-state index in [1.807, 2.05) is 62.4 Å². The number of nitrogens with one attached hydrogen (secondary N) is 1. The van der Waals surface area contributed by atoms with Gasteiger partial charge in [0.1, 0.15) is 11.0 Å². The molecule has 1 aromatic heterocycles. The van der Waals surface area contributed by atoms with Gasteiger partial charge in [0.05, 0.1) is 5.69 Å². The maximum atomic E-state index is 12.5. The first-order valence-electron chi connectivity index (χ1n) is 9.38. The van der Waals surface area contributed by atoms with Crippen molar-refractivity contribution >= 4 is 22.6 Å². The minimum absolute atomic E-state index is 0.134. The Bertz CT molecular complexity index is 1140. The summed E-state index contributed by atoms with van der Waals surface area (Å²) in [4.78, 5) is 14.2. The molecule has 0 spiro atoms. The van der Waals surface area contributed by atoms with E-state index in [1.54, 1.807) is 4.80 Å². The number of amides is 1. The van der Waals surface area contributed by atoms with Gasteiger partial charge in [-0.3, -0.25) is 4.79 Å². The van der Waals surface area contributed by atoms with Crippen LogP contribution in [0.2, 0.25) is 0 Å². The van der Waals surface area contributed by atoms with E-state index in [0.29, 0.717) is 5.56 Å². The van der Waals surface area contributed by atoms with E-state index in [-0.39, 0.29) is 5.91 Å². The van der Waals surface area contributed by atoms with E-state index >= 15 is 0 Å². The van der Waals surface area contributed by atoms with Gasteiger partial charge in [0, 0.05) is 11.3 Å². The Morgan fingerprint density at radius 2 is 1.57 bits per heavy atom. The number of aromatic nitrogens is 3. The van der Waals surface area contributed by atoms with Crippen molar-refractivity contribution in [2.24, 2.45) is 0 Å². The van der Waals surface area contributed by atoms with Gasteiger partial charge in [-0.15, -0.1) is 10.2 Å². The van der Waals surface area contributed by atoms with Gasteiger partial charge in [0.25, 0.3) is 5.91 Å². The van der Waals surface area contributed by atoms with Gasteiger partial charge in [-0.2, -0.15) is 4.80 Å². The summed E-state index contributed by atoms with van der Waals surface area (Å²) in [6.45, 7) is 6.09. The van der Waals surface area contributed by atoms with Crippen LogP contribution in [0.3, 0.4) is 0 Å². The number of anilines is 1. The first kappa shape index (κ1) is 17.9. The third-order valence-corrected chi connectivity index (χ3v) is 4.86. The fourth-order valence-corrected chi connectivity index (χ4v) is 3.08. The summed E-state index contributed by atoms with van der Waals surface area (Å²) in [5, 5.41) is 12.2. The van der Waals surface area contributed by atoms with Crippen molar-refractivity contribution in [1.82, 2.24) is 15.0 Å². The average Bonchev–Trinajstić information content (AvgIpc) is 3.11. The topological polar surface area (TPSA) is 59.8 Å². The van der Waals surface area contributed by atoms with Crippen LogP contribution in [0.4, 0.5) is 5.69 Å². The zero-order valence-electron chi connectivity index (χ0n) is 16.2. The highest BCUT2D eigenvalue weighted by Gasteiger charge is 2.12. The lowest BCUT2D eigenvalue weighted by atomic mass is 10.1. The molecule has 0 saturated heterocycles. The molecular weight excluding hydrogens is 348 g/mol. The van der Waals surface area contributed by atoms with Crippen LogP contribution in [0.5, 0.6) is 0 Å². The zero-order chi connectivity index (χ0) is 19.7. The van der Waals surface area contributed by atoms with Gasteiger partial charge in [-0.1, -0.05) is 36.8 Å². The quantitative estimate of drug-likeness (QED) is 0.558. The SMILES string of the molecule is CCc1ccc(-n2nc3cc(C)c(NC(=O)c4ccc(C)cc4)cc3n2)cc1. The molecule has 0 aliphatic rings. The molecule has 3 aromatic carbocycles. The van der Waals surface area contributed by atoms with E-state index in [2.05, 4.69) is 34.6 Å². The number of carbonyl (C=O) groups excluding carboxylic acids is 1. The van der Waals surface area contributed by atoms with Crippen molar-refractivity contribution in [3.05, 3.63) is 82.9 Å². The molecule has 0 radical (unpaired) electrons. The maximum Gasteiger partial charge on any atom is 0.255 e. The van der Waals surface area contributed by atoms with Crippen LogP contribution >= 0.6 is 0 Å². The number of benzene rings is 3. The lowest BCUT2D eigenvalue weighted by Crippen LogP contribution is -2.12. The van der Waals surface area contributed by atoms with E-state index in [9.17, 15) is 4.79 Å². The smallest absolute Gasteiger partial charge is 0.255 e. The fourth-order valence-electron chi connectivity index (χ4n) is 3.08. The third-order valence-electron chi connectivity index (χ3n) is 4.86. The predicted molar refractivity (Wildman–Crippen MR) is 112 cm³/mol. The lowest BCUT2D eigenvalue weighted by Gasteiger charge is -2.08. The van der Waals surface area contributed by atoms with Crippen molar-refractivity contribution in [2.45, 2.75) is 27.2 Å². The highest BCUT2D eigenvalue weighted by atomic mass is 16.1. The molecule has 1 heterocycles. The van der Waals surface area contributed by atoms with Crippen LogP contribution in [0, 0.1) is 13.8 Å². The van der Waals surface area contributed by atoms with Crippen LogP contribution < -0.4 is 5.32 Å². The maximum absolute atomic E-state index is 12.5. The summed E-state index contributed by atoms with van der Waals surface area (Å²) in [6, 6.07) is 19.5. The molecule has 0 atom stereocenters. The van der Waals surface area contributed by atoms with E-state index < -0.39 is 0 Å². The minimum Gasteiger partial charge on any atom is -0.322 e. The van der Waals surface area contributed by atoms with Crippen LogP contribution in [0.25, 0.3) is 16.7 Å². The van der Waals surface area contributed by atoms with Crippen molar-refractivity contribution in [3.63, 3.8) is 0 Å². The first-order chi connectivity index (χ1) is 13.5. The van der Waals surface area contributed by atoms with Crippen LogP contribution in [-0.4, -0.2) is 20.9 Å². The van der Waals surface area contributed by atoms with E-state index in [4.69, 9.17) is 0 Å². The summed E-state index contributed by atoms with van der Waals surface area (Å²) in [6.07, 6.45) is 0.998. The van der Waals surface area contributed by atoms with Gasteiger partial charge in [-0.05, 0) is 67.8 Å². The molecule has 28 heavy (non-hydrogen) atoms. The van der Waals surface area contributed by atoms with E-state index in [0.717, 1.165) is 40.0 Å². The van der Waals surface area contributed by atoms with Gasteiger partial charge >= 0.3 is 0 Å². The Balaban J connectivity index is 1.63. The van der Waals surface area contributed by atoms with Gasteiger partial charge in [0.2, 0.25) is 0 Å². The second-order valence-corrected chi connectivity index (χ2v) is 6.99. The molecule has 0 saturated carbocycles. The molecule has 0 aliphatic carbocycles. The van der Waals surface area contributed by atoms with Crippen LogP contribution in [0.15, 0.2) is 60.7 Å². The lowest BCUT2D eigenvalue weighted by molar-refractivity contribution is 0.102. The first-order valence-corrected chi connectivity index (χ1v) is 9.38. The van der Waals surface area contributed by atoms with Crippen LogP contribution in [0.1, 0.15) is 34.0 Å². The Labute approximate surface area is 164 Å². The molecule has 1 N–H and O–H groups in total. The highest BCUT2D eigenvalue weighted by molar-refractivity contribution is 6.05. The van der Waals surface area contributed by atoms with E-state index in [1.165, 1.54) is 5.56 Å². The number of rotatable bonds is 4. The number of nitrogens with zero attached hydrogens (tertiary/aromatic N) is 3. The summed E-state index contributed by atoms with van der Waals surface area (Å²) in [5.74, 6) is -0.134. The average molecular weight is 370 g/mol. The Morgan fingerprint density at radius 1 is 0.929 bits per heavy atom. The Hall–Kier alpha value is -3.47. The number of hydrogen-bond donors (Lipinski definition) is 1. The molecule has 0 aliphatic heterocycles. The van der Waals surface area contributed by atoms with Crippen molar-refractivity contribution < 1.29 is 4.79 Å². The van der Waals surface area contributed by atoms with Crippen molar-refractivity contribution in [3.8, 4) is 5.69 Å². The van der Waals surface area contributed by atoms with Crippen LogP contribution in [-0.2, 0) is 6.42 Å². The highest BCUT2D eigenvalue weighted by Crippen LogP contribution is 2.23. The Kier molecular flexibility index (Phi) is 4.65. The molecule has 0 bridgehead atoms. The second-order valence-electron chi connectivity index (χ2n) is 6.99. The molecule has 0 fully saturated rings. The van der Waals surface area contributed by atoms with Gasteiger partial charge < -0.3 is 5.32 Å². The molecule has 5 nitrogen and oxygen atoms in total. The molecule has 1 amide bonds. The summed E-state index contributed by atoms with van der Waals surface area (Å²) in [7, 11) is 0. The third kappa shape index (κ3) is 3.51. The van der Waals surface area contributed by atoms with Gasteiger partial charge in [-0.25, -0.2) is 0 Å². The number of fused-ring (bicyclic) bond motifs is 1. The molecular formula is C23H22N4O. The minimum atomic E-state index is -0.134. The summed E-state index contributed by atoms with van der Waals surface area (Å²) >= 11 is 0. The van der Waals surface area contributed by atoms with Crippen molar-refractivity contribution in [1.29, 1.82) is 0 Å². The molecule has 4 aromatic rings. The molecule has 140 valence electrons. The monoisotopic (exact) mass is 370 g/mol. The normalized spacial score (nSPS) is 11.0. The second kappa shape index (κ2) is 7.27. The molecule has 5 heteroatoms. The zero-order valence-corrected chi connectivity index (χ0v) is 16.2. The number of aryl methyl sites for hydroxylation is 3.